The number of nitrogens with zero attached hydrogens (tertiary/aromatic N) is 5. The summed E-state index contributed by atoms with van der Waals surface area (Å²) in [4.78, 5) is 14.4. The predicted molar refractivity (Wildman–Crippen MR) is 91.0 cm³/mol. The second-order valence-corrected chi connectivity index (χ2v) is 6.80. The molecule has 1 aromatic heterocycles. The number of carbonyl (C=O) groups excluding carboxylic acids is 1. The van der Waals surface area contributed by atoms with E-state index in [1.807, 2.05) is 13.1 Å². The van der Waals surface area contributed by atoms with Gasteiger partial charge >= 0.3 is 0 Å². The Morgan fingerprint density at radius 2 is 2.32 bits per heavy atom. The molecule has 1 aromatic carbocycles. The number of amides is 1. The Labute approximate surface area is 150 Å². The van der Waals surface area contributed by atoms with Crippen molar-refractivity contribution in [2.45, 2.75) is 24.9 Å². The first kappa shape index (κ1) is 17.4. The molecule has 7 nitrogen and oxygen atoms in total. The largest absolute Gasteiger partial charge is 0.388 e. The highest BCUT2D eigenvalue weighted by atomic mass is 35.5. The van der Waals surface area contributed by atoms with Gasteiger partial charge in [-0.1, -0.05) is 11.6 Å². The molecule has 8 heteroatoms. The number of rotatable bonds is 3. The van der Waals surface area contributed by atoms with Gasteiger partial charge < -0.3 is 14.6 Å². The van der Waals surface area contributed by atoms with Crippen LogP contribution in [0.4, 0.5) is 0 Å². The molecule has 1 aliphatic rings. The van der Waals surface area contributed by atoms with E-state index in [0.717, 1.165) is 0 Å². The molecule has 2 heterocycles. The lowest BCUT2D eigenvalue weighted by molar-refractivity contribution is -0.0258. The number of aromatic nitrogens is 3. The Morgan fingerprint density at radius 3 is 3.00 bits per heavy atom. The predicted octanol–water partition coefficient (Wildman–Crippen LogP) is 1.55. The zero-order valence-electron chi connectivity index (χ0n) is 13.8. The van der Waals surface area contributed by atoms with Crippen molar-refractivity contribution in [1.29, 1.82) is 5.26 Å². The highest BCUT2D eigenvalue weighted by Crippen LogP contribution is 2.27. The normalized spacial score (nSPS) is 20.3. The molecule has 1 amide bonds. The zero-order valence-corrected chi connectivity index (χ0v) is 14.6. The van der Waals surface area contributed by atoms with Crippen LogP contribution in [0.2, 0.25) is 5.02 Å². The van der Waals surface area contributed by atoms with Crippen molar-refractivity contribution in [3.8, 4) is 6.07 Å². The number of hydrogen-bond donors (Lipinski definition) is 1. The topological polar surface area (TPSA) is 95.0 Å². The van der Waals surface area contributed by atoms with Crippen molar-refractivity contribution in [2.24, 2.45) is 7.05 Å². The minimum absolute atomic E-state index is 0.186. The average Bonchev–Trinajstić information content (AvgIpc) is 2.99. The van der Waals surface area contributed by atoms with E-state index in [1.54, 1.807) is 27.9 Å². The SMILES string of the molecule is Cn1cnnc1CC1(O)CCCN(C(=O)c2cc(C#N)ccc2Cl)C1. The van der Waals surface area contributed by atoms with E-state index in [9.17, 15) is 9.90 Å². The quantitative estimate of drug-likeness (QED) is 0.897. The Hall–Kier alpha value is -2.43. The zero-order chi connectivity index (χ0) is 18.0. The van der Waals surface area contributed by atoms with Gasteiger partial charge in [0.05, 0.1) is 34.4 Å². The van der Waals surface area contributed by atoms with E-state index in [-0.39, 0.29) is 18.0 Å². The maximum atomic E-state index is 12.8. The molecule has 1 aliphatic heterocycles. The van der Waals surface area contributed by atoms with Crippen LogP contribution in [0.3, 0.4) is 0 Å². The Kier molecular flexibility index (Phi) is 4.75. The van der Waals surface area contributed by atoms with Crippen LogP contribution in [0.25, 0.3) is 0 Å². The van der Waals surface area contributed by atoms with Crippen molar-refractivity contribution in [3.05, 3.63) is 46.5 Å². The summed E-state index contributed by atoms with van der Waals surface area (Å²) in [5, 5.41) is 28.1. The highest BCUT2D eigenvalue weighted by molar-refractivity contribution is 6.33. The summed E-state index contributed by atoms with van der Waals surface area (Å²) in [6, 6.07) is 6.61. The third-order valence-corrected chi connectivity index (χ3v) is 4.79. The fourth-order valence-corrected chi connectivity index (χ4v) is 3.32. The Morgan fingerprint density at radius 1 is 1.52 bits per heavy atom. The lowest BCUT2D eigenvalue weighted by Crippen LogP contribution is -2.51. The number of aryl methyl sites for hydroxylation is 1. The number of benzene rings is 1. The smallest absolute Gasteiger partial charge is 0.255 e. The molecule has 0 radical (unpaired) electrons. The summed E-state index contributed by atoms with van der Waals surface area (Å²) in [6.07, 6.45) is 3.15. The first-order chi connectivity index (χ1) is 11.9. The standard InChI is InChI=1S/C17H18ClN5O2/c1-22-11-20-21-15(22)8-17(25)5-2-6-23(10-17)16(24)13-7-12(9-19)3-4-14(13)18/h3-4,7,11,25H,2,5-6,8,10H2,1H3. The van der Waals surface area contributed by atoms with Crippen LogP contribution in [-0.2, 0) is 13.5 Å². The lowest BCUT2D eigenvalue weighted by Gasteiger charge is -2.39. The Balaban J connectivity index is 1.80. The number of likely N-dealkylation sites (tertiary alicyclic amines) is 1. The van der Waals surface area contributed by atoms with Gasteiger partial charge in [-0.2, -0.15) is 5.26 Å². The summed E-state index contributed by atoms with van der Waals surface area (Å²) < 4.78 is 1.76. The van der Waals surface area contributed by atoms with Crippen molar-refractivity contribution < 1.29 is 9.90 Å². The maximum absolute atomic E-state index is 12.8. The number of aliphatic hydroxyl groups is 1. The molecule has 1 N–H and O–H groups in total. The van der Waals surface area contributed by atoms with Gasteiger partial charge in [-0.05, 0) is 31.0 Å². The number of β-amino-alcohol motifs (C(OH)–C–C–N with tert-alkyl or cyclic N) is 1. The fourth-order valence-electron chi connectivity index (χ4n) is 3.12. The van der Waals surface area contributed by atoms with Gasteiger partial charge in [-0.15, -0.1) is 10.2 Å². The van der Waals surface area contributed by atoms with Crippen molar-refractivity contribution >= 4 is 17.5 Å². The third kappa shape index (κ3) is 3.65. The van der Waals surface area contributed by atoms with Crippen LogP contribution in [0.5, 0.6) is 0 Å². The molecule has 1 saturated heterocycles. The van der Waals surface area contributed by atoms with Crippen LogP contribution < -0.4 is 0 Å². The third-order valence-electron chi connectivity index (χ3n) is 4.46. The van der Waals surface area contributed by atoms with Gasteiger partial charge in [0, 0.05) is 20.0 Å². The highest BCUT2D eigenvalue weighted by Gasteiger charge is 2.37. The minimum Gasteiger partial charge on any atom is -0.388 e. The minimum atomic E-state index is -1.06. The molecule has 0 saturated carbocycles. The molecule has 1 atom stereocenters. The Bertz CT molecular complexity index is 844. The number of carbonyl (C=O) groups is 1. The van der Waals surface area contributed by atoms with Gasteiger partial charge in [-0.3, -0.25) is 4.79 Å². The summed E-state index contributed by atoms with van der Waals surface area (Å²) in [5.74, 6) is 0.388. The van der Waals surface area contributed by atoms with E-state index in [4.69, 9.17) is 16.9 Å². The number of piperidine rings is 1. The lowest BCUT2D eigenvalue weighted by atomic mass is 9.89. The number of hydrogen-bond acceptors (Lipinski definition) is 5. The molecular formula is C17H18ClN5O2. The van der Waals surface area contributed by atoms with E-state index in [1.165, 1.54) is 6.07 Å². The van der Waals surface area contributed by atoms with Gasteiger partial charge in [-0.25, -0.2) is 0 Å². The van der Waals surface area contributed by atoms with Crippen molar-refractivity contribution in [3.63, 3.8) is 0 Å². The second-order valence-electron chi connectivity index (χ2n) is 6.40. The van der Waals surface area contributed by atoms with E-state index in [2.05, 4.69) is 10.2 Å². The molecule has 25 heavy (non-hydrogen) atoms. The second kappa shape index (κ2) is 6.82. The van der Waals surface area contributed by atoms with Crippen molar-refractivity contribution in [2.75, 3.05) is 13.1 Å². The first-order valence-corrected chi connectivity index (χ1v) is 8.34. The number of halogens is 1. The van der Waals surface area contributed by atoms with Crippen LogP contribution >= 0.6 is 11.6 Å². The molecule has 0 spiro atoms. The molecule has 0 aliphatic carbocycles. The van der Waals surface area contributed by atoms with Gasteiger partial charge in [0.15, 0.2) is 0 Å². The summed E-state index contributed by atoms with van der Waals surface area (Å²) in [6.45, 7) is 0.721. The molecule has 2 aromatic rings. The average molecular weight is 360 g/mol. The monoisotopic (exact) mass is 359 g/mol. The summed E-state index contributed by atoms with van der Waals surface area (Å²) in [7, 11) is 1.82. The van der Waals surface area contributed by atoms with Crippen LogP contribution in [0.1, 0.15) is 34.6 Å². The molecule has 1 fully saturated rings. The first-order valence-electron chi connectivity index (χ1n) is 7.96. The van der Waals surface area contributed by atoms with E-state index in [0.29, 0.717) is 42.2 Å². The molecule has 1 unspecified atom stereocenters. The van der Waals surface area contributed by atoms with E-state index < -0.39 is 5.60 Å². The van der Waals surface area contributed by atoms with Crippen LogP contribution in [0, 0.1) is 11.3 Å². The molecule has 3 rings (SSSR count). The summed E-state index contributed by atoms with van der Waals surface area (Å²) >= 11 is 6.13. The summed E-state index contributed by atoms with van der Waals surface area (Å²) in [5.41, 5.74) is -0.406. The number of nitriles is 1. The molecule has 130 valence electrons. The maximum Gasteiger partial charge on any atom is 0.255 e. The fraction of sp³-hybridized carbons (Fsp3) is 0.412. The van der Waals surface area contributed by atoms with Gasteiger partial charge in [0.25, 0.3) is 5.91 Å². The van der Waals surface area contributed by atoms with Crippen molar-refractivity contribution in [1.82, 2.24) is 19.7 Å². The van der Waals surface area contributed by atoms with Crippen LogP contribution in [-0.4, -0.2) is 49.4 Å². The van der Waals surface area contributed by atoms with Gasteiger partial charge in [0.2, 0.25) is 0 Å². The molecular weight excluding hydrogens is 342 g/mol. The van der Waals surface area contributed by atoms with Crippen LogP contribution in [0.15, 0.2) is 24.5 Å². The van der Waals surface area contributed by atoms with Gasteiger partial charge in [0.1, 0.15) is 12.2 Å². The molecule has 0 bridgehead atoms. The van der Waals surface area contributed by atoms with E-state index >= 15 is 0 Å².